The van der Waals surface area contributed by atoms with Gasteiger partial charge < -0.3 is 10.6 Å². The van der Waals surface area contributed by atoms with Gasteiger partial charge >= 0.3 is 10.4 Å². The average Bonchev–Trinajstić information content (AvgIpc) is 2.20. The summed E-state index contributed by atoms with van der Waals surface area (Å²) in [5.41, 5.74) is 3.71. The lowest BCUT2D eigenvalue weighted by molar-refractivity contribution is 0.381. The summed E-state index contributed by atoms with van der Waals surface area (Å²) in [6.07, 6.45) is 0. The second-order valence-corrected chi connectivity index (χ2v) is 4.43. The number of benzene rings is 1. The van der Waals surface area contributed by atoms with E-state index in [1.807, 2.05) is 0 Å². The highest BCUT2D eigenvalue weighted by atomic mass is 32.3. The third-order valence-corrected chi connectivity index (χ3v) is 1.97. The molecule has 0 unspecified atom stereocenters. The maximum absolute atomic E-state index is 8.74. The van der Waals surface area contributed by atoms with Crippen molar-refractivity contribution in [2.45, 2.75) is 20.8 Å². The molecule has 0 radical (unpaired) electrons. The summed E-state index contributed by atoms with van der Waals surface area (Å²) in [6.45, 7) is 8.28. The van der Waals surface area contributed by atoms with Crippen LogP contribution >= 0.6 is 0 Å². The average molecular weight is 276 g/mol. The lowest BCUT2D eigenvalue weighted by Gasteiger charge is -2.10. The minimum Gasteiger partial charge on any atom is -0.385 e. The molecule has 0 aliphatic heterocycles. The topological polar surface area (TPSA) is 98.7 Å². The highest BCUT2D eigenvalue weighted by molar-refractivity contribution is 7.79. The Morgan fingerprint density at radius 2 is 1.61 bits per heavy atom. The van der Waals surface area contributed by atoms with E-state index < -0.39 is 10.4 Å². The molecule has 0 saturated heterocycles. The van der Waals surface area contributed by atoms with Crippen molar-refractivity contribution in [3.8, 4) is 0 Å². The quantitative estimate of drug-likeness (QED) is 0.629. The second-order valence-electron chi connectivity index (χ2n) is 3.54. The molecule has 4 N–H and O–H groups in total. The van der Waals surface area contributed by atoms with Crippen LogP contribution in [-0.4, -0.2) is 30.6 Å². The van der Waals surface area contributed by atoms with Crippen LogP contribution in [0.5, 0.6) is 0 Å². The van der Waals surface area contributed by atoms with E-state index in [9.17, 15) is 0 Å². The lowest BCUT2D eigenvalue weighted by Crippen LogP contribution is -2.01. The van der Waals surface area contributed by atoms with Gasteiger partial charge in [0.05, 0.1) is 0 Å². The maximum atomic E-state index is 8.74. The highest BCUT2D eigenvalue weighted by Gasteiger charge is 1.97. The van der Waals surface area contributed by atoms with Crippen LogP contribution in [0.25, 0.3) is 0 Å². The van der Waals surface area contributed by atoms with Crippen molar-refractivity contribution in [3.05, 3.63) is 23.8 Å². The van der Waals surface area contributed by atoms with Crippen molar-refractivity contribution < 1.29 is 17.5 Å². The molecule has 18 heavy (non-hydrogen) atoms. The van der Waals surface area contributed by atoms with E-state index in [-0.39, 0.29) is 0 Å². The SMILES string of the molecule is CCNc1ccc(NCC)c(C)c1.O=S(=O)(O)O. The molecule has 7 heteroatoms. The van der Waals surface area contributed by atoms with Gasteiger partial charge in [-0.25, -0.2) is 0 Å². The van der Waals surface area contributed by atoms with Crippen LogP contribution in [0, 0.1) is 6.92 Å². The molecule has 0 aromatic heterocycles. The van der Waals surface area contributed by atoms with E-state index >= 15 is 0 Å². The van der Waals surface area contributed by atoms with Crippen LogP contribution in [0.2, 0.25) is 0 Å². The fraction of sp³-hybridized carbons (Fsp3) is 0.455. The molecule has 0 heterocycles. The number of rotatable bonds is 4. The predicted molar refractivity (Wildman–Crippen MR) is 73.7 cm³/mol. The van der Waals surface area contributed by atoms with E-state index in [1.165, 1.54) is 16.9 Å². The largest absolute Gasteiger partial charge is 0.394 e. The fourth-order valence-corrected chi connectivity index (χ4v) is 1.37. The summed E-state index contributed by atoms with van der Waals surface area (Å²) < 4.78 is 31.6. The Kier molecular flexibility index (Phi) is 7.33. The van der Waals surface area contributed by atoms with Crippen molar-refractivity contribution in [1.82, 2.24) is 0 Å². The van der Waals surface area contributed by atoms with E-state index in [0.29, 0.717) is 0 Å². The van der Waals surface area contributed by atoms with Gasteiger partial charge in [-0.2, -0.15) is 8.42 Å². The summed E-state index contributed by atoms with van der Waals surface area (Å²) in [5, 5.41) is 6.61. The summed E-state index contributed by atoms with van der Waals surface area (Å²) in [5.74, 6) is 0. The third kappa shape index (κ3) is 8.80. The zero-order valence-electron chi connectivity index (χ0n) is 10.8. The van der Waals surface area contributed by atoms with Crippen molar-refractivity contribution in [2.75, 3.05) is 23.7 Å². The molecule has 0 atom stereocenters. The van der Waals surface area contributed by atoms with Gasteiger partial charge in [0.1, 0.15) is 0 Å². The molecular weight excluding hydrogens is 256 g/mol. The highest BCUT2D eigenvalue weighted by Crippen LogP contribution is 2.19. The zero-order chi connectivity index (χ0) is 14.2. The van der Waals surface area contributed by atoms with Crippen molar-refractivity contribution >= 4 is 21.8 Å². The van der Waals surface area contributed by atoms with E-state index in [0.717, 1.165) is 13.1 Å². The second kappa shape index (κ2) is 7.91. The van der Waals surface area contributed by atoms with Gasteiger partial charge in [0.2, 0.25) is 0 Å². The summed E-state index contributed by atoms with van der Waals surface area (Å²) in [6, 6.07) is 6.40. The van der Waals surface area contributed by atoms with Crippen molar-refractivity contribution in [2.24, 2.45) is 0 Å². The van der Waals surface area contributed by atoms with E-state index in [2.05, 4.69) is 49.6 Å². The van der Waals surface area contributed by atoms with Crippen LogP contribution in [0.15, 0.2) is 18.2 Å². The summed E-state index contributed by atoms with van der Waals surface area (Å²) in [4.78, 5) is 0. The molecule has 0 spiro atoms. The molecule has 6 nitrogen and oxygen atoms in total. The van der Waals surface area contributed by atoms with Crippen LogP contribution < -0.4 is 10.6 Å². The number of hydrogen-bond donors (Lipinski definition) is 4. The summed E-state index contributed by atoms with van der Waals surface area (Å²) >= 11 is 0. The molecule has 104 valence electrons. The molecular formula is C11H20N2O4S. The Labute approximate surface area is 108 Å². The van der Waals surface area contributed by atoms with Crippen molar-refractivity contribution in [1.29, 1.82) is 0 Å². The smallest absolute Gasteiger partial charge is 0.385 e. The van der Waals surface area contributed by atoms with Crippen LogP contribution in [0.4, 0.5) is 11.4 Å². The molecule has 1 aromatic rings. The Morgan fingerprint density at radius 1 is 1.11 bits per heavy atom. The molecule has 0 amide bonds. The summed E-state index contributed by atoms with van der Waals surface area (Å²) in [7, 11) is -4.67. The van der Waals surface area contributed by atoms with Crippen LogP contribution in [-0.2, 0) is 10.4 Å². The lowest BCUT2D eigenvalue weighted by atomic mass is 10.2. The minimum atomic E-state index is -4.67. The van der Waals surface area contributed by atoms with Gasteiger partial charge in [-0.15, -0.1) is 0 Å². The number of anilines is 2. The molecule has 1 aromatic carbocycles. The Morgan fingerprint density at radius 3 is 2.00 bits per heavy atom. The molecule has 0 saturated carbocycles. The molecule has 1 rings (SSSR count). The first-order valence-corrected chi connectivity index (χ1v) is 6.95. The zero-order valence-corrected chi connectivity index (χ0v) is 11.6. The number of hydrogen-bond acceptors (Lipinski definition) is 4. The van der Waals surface area contributed by atoms with Crippen LogP contribution in [0.1, 0.15) is 19.4 Å². The standard InChI is InChI=1S/C11H18N2.H2O4S/c1-4-12-10-6-7-11(13-5-2)9(3)8-10;1-5(2,3)4/h6-8,12-13H,4-5H2,1-3H3;(H2,1,2,3,4). The number of aryl methyl sites for hydroxylation is 1. The van der Waals surface area contributed by atoms with Gasteiger partial charge in [0, 0.05) is 24.5 Å². The van der Waals surface area contributed by atoms with Gasteiger partial charge in [0.25, 0.3) is 0 Å². The first-order chi connectivity index (χ1) is 8.27. The van der Waals surface area contributed by atoms with E-state index in [4.69, 9.17) is 17.5 Å². The first kappa shape index (κ1) is 16.7. The molecule has 0 aliphatic rings. The van der Waals surface area contributed by atoms with Gasteiger partial charge in [-0.3, -0.25) is 9.11 Å². The molecule has 0 bridgehead atoms. The Bertz CT molecular complexity index is 452. The monoisotopic (exact) mass is 276 g/mol. The van der Waals surface area contributed by atoms with Gasteiger partial charge in [0.15, 0.2) is 0 Å². The number of nitrogens with one attached hydrogen (secondary N) is 2. The van der Waals surface area contributed by atoms with Crippen LogP contribution in [0.3, 0.4) is 0 Å². The van der Waals surface area contributed by atoms with Crippen molar-refractivity contribution in [3.63, 3.8) is 0 Å². The first-order valence-electron chi connectivity index (χ1n) is 5.56. The maximum Gasteiger partial charge on any atom is 0.394 e. The van der Waals surface area contributed by atoms with E-state index in [1.54, 1.807) is 0 Å². The fourth-order valence-electron chi connectivity index (χ4n) is 1.37. The Balaban J connectivity index is 0.000000494. The predicted octanol–water partition coefficient (Wildman–Crippen LogP) is 2.21. The minimum absolute atomic E-state index is 0.972. The Hall–Kier alpha value is -1.31. The normalized spacial score (nSPS) is 10.3. The van der Waals surface area contributed by atoms with Gasteiger partial charge in [-0.05, 0) is 44.5 Å². The molecule has 0 aliphatic carbocycles. The third-order valence-electron chi connectivity index (χ3n) is 1.97. The van der Waals surface area contributed by atoms with Gasteiger partial charge in [-0.1, -0.05) is 0 Å². The molecule has 0 fully saturated rings.